The Morgan fingerprint density at radius 1 is 0.231 bits per heavy atom. The second kappa shape index (κ2) is 28.7. The van der Waals surface area contributed by atoms with Gasteiger partial charge < -0.3 is 19.3 Å². The first-order valence-corrected chi connectivity index (χ1v) is 37.0. The Kier molecular flexibility index (Phi) is 17.6. The minimum atomic E-state index is -0.712. The number of hydrogen-bond acceptors (Lipinski definition) is 4. The molecule has 0 saturated carbocycles. The molecule has 4 heteroatoms. The summed E-state index contributed by atoms with van der Waals surface area (Å²) >= 11 is 0. The van der Waals surface area contributed by atoms with Gasteiger partial charge in [-0.15, -0.1) is 0 Å². The molecule has 0 aliphatic heterocycles. The number of para-hydroxylation sites is 2. The number of benzene rings is 16. The summed E-state index contributed by atoms with van der Waals surface area (Å²) in [6.45, 7) is 8.79. The van der Waals surface area contributed by atoms with E-state index in [1.165, 1.54) is 77.9 Å². The van der Waals surface area contributed by atoms with Gasteiger partial charge in [0.05, 0.1) is 10.8 Å². The van der Waals surface area contributed by atoms with E-state index in [-0.39, 0.29) is 0 Å². The van der Waals surface area contributed by atoms with Crippen LogP contribution in [0.3, 0.4) is 0 Å². The van der Waals surface area contributed by atoms with Gasteiger partial charge >= 0.3 is 0 Å². The van der Waals surface area contributed by atoms with Crippen LogP contribution in [-0.4, -0.2) is 0 Å². The van der Waals surface area contributed by atoms with Crippen molar-refractivity contribution in [3.8, 4) is 67.1 Å². The molecule has 0 radical (unpaired) electrons. The van der Waals surface area contributed by atoms with Gasteiger partial charge in [-0.05, 0) is 232 Å². The third kappa shape index (κ3) is 12.1. The molecule has 0 bridgehead atoms. The quantitative estimate of drug-likeness (QED) is 0.0716. The van der Waals surface area contributed by atoms with Gasteiger partial charge in [0.1, 0.15) is 24.7 Å². The second-order valence-corrected chi connectivity index (χ2v) is 27.9. The maximum atomic E-state index is 6.51. The van der Waals surface area contributed by atoms with Crippen LogP contribution in [0.5, 0.6) is 11.5 Å². The first-order valence-electron chi connectivity index (χ1n) is 37.0. The molecule has 16 aromatic rings. The summed E-state index contributed by atoms with van der Waals surface area (Å²) in [5.74, 6) is 1.62. The summed E-state index contributed by atoms with van der Waals surface area (Å²) in [6.07, 6.45) is 3.73. The Bertz CT molecular complexity index is 5520. The molecule has 18 rings (SSSR count). The Morgan fingerprint density at radius 3 is 0.843 bits per heavy atom. The number of rotatable bonds is 21. The van der Waals surface area contributed by atoms with E-state index in [1.54, 1.807) is 0 Å². The standard InChI is InChI=1S/C104H76N2O2/c1-3-73-35-39-75(40-36-73)71-107-93-59-49-85(50-60-93)103(83-27-15-7-16-28-83)99-67-81(77-23-11-5-12-24-77)47-63-95(99)97-65-57-91(69-101(97)103)105(87-31-19-9-20-32-87)89-53-43-79(44-54-89)80-45-55-90(56-46-80)106(88-33-21-10-22-34-88)92-58-66-98-96-64-48-82(78-25-13-6-14-26-78)68-100(96)104(102(98)70-92,84-29-17-8-18-30-84)86-51-61-94(62-52-86)108-72-76-41-37-74(4-2)38-42-76/h3-70H,1-2,71-72H2. The number of fused-ring (bicyclic) bond motifs is 6. The van der Waals surface area contributed by atoms with Crippen molar-refractivity contribution < 1.29 is 9.47 Å². The van der Waals surface area contributed by atoms with Crippen LogP contribution in [-0.2, 0) is 24.0 Å². The Hall–Kier alpha value is -13.8. The monoisotopic (exact) mass is 1380 g/mol. The molecule has 0 aromatic heterocycles. The molecular formula is C104H76N2O2. The topological polar surface area (TPSA) is 24.9 Å². The van der Waals surface area contributed by atoms with Gasteiger partial charge in [-0.3, -0.25) is 0 Å². The van der Waals surface area contributed by atoms with E-state index in [4.69, 9.17) is 9.47 Å². The minimum absolute atomic E-state index is 0.456. The predicted octanol–water partition coefficient (Wildman–Crippen LogP) is 26.8. The van der Waals surface area contributed by atoms with Gasteiger partial charge in [-0.1, -0.05) is 316 Å². The molecule has 0 heterocycles. The van der Waals surface area contributed by atoms with E-state index < -0.39 is 10.8 Å². The summed E-state index contributed by atoms with van der Waals surface area (Å²) in [5, 5.41) is 0. The number of ether oxygens (including phenoxy) is 2. The maximum Gasteiger partial charge on any atom is 0.119 e. The van der Waals surface area contributed by atoms with Crippen LogP contribution in [0, 0.1) is 0 Å². The Morgan fingerprint density at radius 2 is 0.500 bits per heavy atom. The normalized spacial score (nSPS) is 14.3. The van der Waals surface area contributed by atoms with Crippen molar-refractivity contribution in [2.24, 2.45) is 0 Å². The van der Waals surface area contributed by atoms with Crippen LogP contribution in [0.25, 0.3) is 67.8 Å². The van der Waals surface area contributed by atoms with Gasteiger partial charge in [0.15, 0.2) is 0 Å². The van der Waals surface area contributed by atoms with E-state index in [0.29, 0.717) is 13.2 Å². The van der Waals surface area contributed by atoms with E-state index in [0.717, 1.165) is 90.1 Å². The molecule has 2 aliphatic rings. The maximum absolute atomic E-state index is 6.51. The first-order chi connectivity index (χ1) is 53.4. The lowest BCUT2D eigenvalue weighted by molar-refractivity contribution is 0.306. The number of anilines is 6. The molecule has 0 amide bonds. The third-order valence-electron chi connectivity index (χ3n) is 21.8. The molecule has 0 fully saturated rings. The van der Waals surface area contributed by atoms with Gasteiger partial charge in [-0.2, -0.15) is 0 Å². The zero-order chi connectivity index (χ0) is 72.4. The summed E-state index contributed by atoms with van der Waals surface area (Å²) in [7, 11) is 0. The van der Waals surface area contributed by atoms with Crippen molar-refractivity contribution >= 4 is 46.3 Å². The highest BCUT2D eigenvalue weighted by Gasteiger charge is 2.49. The van der Waals surface area contributed by atoms with Crippen LogP contribution < -0.4 is 19.3 Å². The van der Waals surface area contributed by atoms with Crippen LogP contribution in [0.1, 0.15) is 66.8 Å². The third-order valence-corrected chi connectivity index (χ3v) is 21.8. The van der Waals surface area contributed by atoms with Crippen LogP contribution in [0.2, 0.25) is 0 Å². The zero-order valence-corrected chi connectivity index (χ0v) is 59.8. The highest BCUT2D eigenvalue weighted by molar-refractivity contribution is 5.94. The van der Waals surface area contributed by atoms with Gasteiger partial charge in [0.25, 0.3) is 0 Å². The Balaban J connectivity index is 0.707. The van der Waals surface area contributed by atoms with Gasteiger partial charge in [0, 0.05) is 34.1 Å². The molecule has 2 aliphatic carbocycles. The van der Waals surface area contributed by atoms with Crippen molar-refractivity contribution in [3.05, 3.63) is 480 Å². The largest absolute Gasteiger partial charge is 0.489 e. The SMILES string of the molecule is C=Cc1ccc(COc2ccc(C3(c4ccccc4)c4cc(-c5ccccc5)ccc4-c4ccc(N(c5ccccc5)c5ccc(-c6ccc(N(c7ccccc7)c7ccc8c(c7)C(c7ccccc7)(c7ccc(OCc9ccc(C=C)cc9)cc7)c7cc(-c9ccccc9)ccc7-8)cc6)cc5)cc43)cc2)cc1. The molecule has 514 valence electrons. The Labute approximate surface area is 633 Å². The molecule has 16 aromatic carbocycles. The smallest absolute Gasteiger partial charge is 0.119 e. The average Bonchev–Trinajstić information content (AvgIpc) is 1.54. The van der Waals surface area contributed by atoms with Crippen molar-refractivity contribution in [1.82, 2.24) is 0 Å². The zero-order valence-electron chi connectivity index (χ0n) is 59.8. The lowest BCUT2D eigenvalue weighted by Crippen LogP contribution is -2.29. The van der Waals surface area contributed by atoms with E-state index in [1.807, 2.05) is 12.2 Å². The van der Waals surface area contributed by atoms with Crippen molar-refractivity contribution in [3.63, 3.8) is 0 Å². The highest BCUT2D eigenvalue weighted by atomic mass is 16.5. The van der Waals surface area contributed by atoms with E-state index in [2.05, 4.69) is 423 Å². The summed E-state index contributed by atoms with van der Waals surface area (Å²) in [5.41, 5.74) is 30.5. The van der Waals surface area contributed by atoms with Crippen molar-refractivity contribution in [2.75, 3.05) is 9.80 Å². The molecule has 0 saturated heterocycles. The molecule has 2 atom stereocenters. The molecule has 108 heavy (non-hydrogen) atoms. The van der Waals surface area contributed by atoms with Crippen LogP contribution in [0.4, 0.5) is 34.1 Å². The van der Waals surface area contributed by atoms with E-state index >= 15 is 0 Å². The molecule has 2 unspecified atom stereocenters. The minimum Gasteiger partial charge on any atom is -0.489 e. The summed E-state index contributed by atoms with van der Waals surface area (Å²) < 4.78 is 13.0. The summed E-state index contributed by atoms with van der Waals surface area (Å²) in [4.78, 5) is 4.80. The fraction of sp³-hybridized carbons (Fsp3) is 0.0385. The predicted molar refractivity (Wildman–Crippen MR) is 448 cm³/mol. The molecule has 4 nitrogen and oxygen atoms in total. The lowest BCUT2D eigenvalue weighted by atomic mass is 9.67. The fourth-order valence-corrected chi connectivity index (χ4v) is 16.6. The van der Waals surface area contributed by atoms with Crippen LogP contribution >= 0.6 is 0 Å². The molecular weight excluding hydrogens is 1310 g/mol. The van der Waals surface area contributed by atoms with Gasteiger partial charge in [0.2, 0.25) is 0 Å². The second-order valence-electron chi connectivity index (χ2n) is 27.9. The fourth-order valence-electron chi connectivity index (χ4n) is 16.6. The van der Waals surface area contributed by atoms with Crippen LogP contribution in [0.15, 0.2) is 414 Å². The highest BCUT2D eigenvalue weighted by Crippen LogP contribution is 2.60. The summed E-state index contributed by atoms with van der Waals surface area (Å²) in [6, 6.07) is 146. The van der Waals surface area contributed by atoms with Crippen molar-refractivity contribution in [2.45, 2.75) is 24.0 Å². The molecule has 0 spiro atoms. The number of nitrogens with zero attached hydrogens (tertiary/aromatic N) is 2. The van der Waals surface area contributed by atoms with Crippen molar-refractivity contribution in [1.29, 1.82) is 0 Å². The average molecular weight is 1390 g/mol. The number of hydrogen-bond donors (Lipinski definition) is 0. The van der Waals surface area contributed by atoms with E-state index in [9.17, 15) is 0 Å². The van der Waals surface area contributed by atoms with Gasteiger partial charge in [-0.25, -0.2) is 0 Å². The lowest BCUT2D eigenvalue weighted by Gasteiger charge is -2.35. The molecule has 0 N–H and O–H groups in total. The first kappa shape index (κ1) is 66.2.